The molecule has 2 rings (SSSR count). The van der Waals surface area contributed by atoms with E-state index in [1.165, 1.54) is 0 Å². The second kappa shape index (κ2) is 7.61. The number of carbonyl (C=O) groups is 1. The monoisotopic (exact) mass is 358 g/mol. The molecule has 0 aromatic carbocycles. The zero-order chi connectivity index (χ0) is 18.7. The van der Waals surface area contributed by atoms with Crippen LogP contribution in [-0.4, -0.2) is 44.2 Å². The van der Waals surface area contributed by atoms with Gasteiger partial charge in [0.2, 0.25) is 11.5 Å². The molecule has 0 bridgehead atoms. The number of ether oxygens (including phenoxy) is 6. The zero-order valence-electron chi connectivity index (χ0n) is 16.1. The fourth-order valence-corrected chi connectivity index (χ4v) is 3.18. The van der Waals surface area contributed by atoms with E-state index < -0.39 is 11.9 Å². The number of hydrogen-bond donors (Lipinski definition) is 0. The Morgan fingerprint density at radius 2 is 1.24 bits per heavy atom. The van der Waals surface area contributed by atoms with Crippen LogP contribution in [0, 0.1) is 5.41 Å². The van der Waals surface area contributed by atoms with Crippen LogP contribution in [0.2, 0.25) is 0 Å². The Labute approximate surface area is 149 Å². The van der Waals surface area contributed by atoms with Crippen LogP contribution >= 0.6 is 0 Å². The minimum Gasteiger partial charge on any atom is -0.432 e. The van der Waals surface area contributed by atoms with Gasteiger partial charge in [-0.3, -0.25) is 4.79 Å². The third-order valence-electron chi connectivity index (χ3n) is 3.99. The molecule has 1 aliphatic carbocycles. The van der Waals surface area contributed by atoms with Gasteiger partial charge in [-0.2, -0.15) is 0 Å². The standard InChI is InChI=1S/C18H30O7/c1-7-20-17(21-8-2)18(22-9-3,23-10-4)25-15-13(19)11-16(5,6)12-14(15)24-17/h7-12H2,1-6H3. The van der Waals surface area contributed by atoms with Crippen molar-refractivity contribution in [1.82, 2.24) is 0 Å². The second-order valence-electron chi connectivity index (χ2n) is 6.74. The predicted octanol–water partition coefficient (Wildman–Crippen LogP) is 3.09. The molecule has 0 saturated carbocycles. The normalized spacial score (nSPS) is 23.7. The topological polar surface area (TPSA) is 72.5 Å². The molecule has 1 heterocycles. The van der Waals surface area contributed by atoms with Crippen LogP contribution in [0.5, 0.6) is 0 Å². The third kappa shape index (κ3) is 3.69. The molecule has 0 N–H and O–H groups in total. The molecule has 0 saturated heterocycles. The Bertz CT molecular complexity index is 512. The van der Waals surface area contributed by atoms with Gasteiger partial charge in [0.15, 0.2) is 0 Å². The summed E-state index contributed by atoms with van der Waals surface area (Å²) in [6.45, 7) is 12.3. The number of rotatable bonds is 8. The molecule has 0 fully saturated rings. The molecule has 2 aliphatic rings. The van der Waals surface area contributed by atoms with Crippen molar-refractivity contribution in [3.8, 4) is 0 Å². The molecule has 144 valence electrons. The largest absolute Gasteiger partial charge is 0.432 e. The molecule has 0 aromatic heterocycles. The molecule has 1 aliphatic heterocycles. The number of carbonyl (C=O) groups excluding carboxylic acids is 1. The van der Waals surface area contributed by atoms with E-state index in [0.717, 1.165) is 0 Å². The van der Waals surface area contributed by atoms with E-state index in [9.17, 15) is 4.79 Å². The Balaban J connectivity index is 2.56. The summed E-state index contributed by atoms with van der Waals surface area (Å²) >= 11 is 0. The molecular formula is C18H30O7. The number of hydrogen-bond acceptors (Lipinski definition) is 7. The van der Waals surface area contributed by atoms with Crippen molar-refractivity contribution in [2.75, 3.05) is 26.4 Å². The summed E-state index contributed by atoms with van der Waals surface area (Å²) in [4.78, 5) is 12.6. The molecule has 0 spiro atoms. The predicted molar refractivity (Wildman–Crippen MR) is 89.2 cm³/mol. The van der Waals surface area contributed by atoms with Crippen LogP contribution in [0.3, 0.4) is 0 Å². The van der Waals surface area contributed by atoms with E-state index in [1.807, 2.05) is 27.7 Å². The van der Waals surface area contributed by atoms with E-state index in [-0.39, 0.29) is 43.4 Å². The van der Waals surface area contributed by atoms with Crippen LogP contribution in [0.4, 0.5) is 0 Å². The minimum absolute atomic E-state index is 0.135. The minimum atomic E-state index is -1.81. The molecule has 0 unspecified atom stereocenters. The Morgan fingerprint density at radius 3 is 1.68 bits per heavy atom. The quantitative estimate of drug-likeness (QED) is 0.617. The fraction of sp³-hybridized carbons (Fsp3) is 0.833. The van der Waals surface area contributed by atoms with Gasteiger partial charge >= 0.3 is 11.9 Å². The molecule has 0 atom stereocenters. The molecule has 0 aromatic rings. The lowest BCUT2D eigenvalue weighted by Crippen LogP contribution is -2.66. The summed E-state index contributed by atoms with van der Waals surface area (Å²) in [7, 11) is 0. The maximum Gasteiger partial charge on any atom is 0.428 e. The lowest BCUT2D eigenvalue weighted by atomic mass is 9.78. The Morgan fingerprint density at radius 1 is 0.800 bits per heavy atom. The summed E-state index contributed by atoms with van der Waals surface area (Å²) in [5.74, 6) is -3.14. The van der Waals surface area contributed by atoms with E-state index in [0.29, 0.717) is 18.6 Å². The van der Waals surface area contributed by atoms with Crippen molar-refractivity contribution < 1.29 is 33.2 Å². The average Bonchev–Trinajstić information content (AvgIpc) is 2.50. The van der Waals surface area contributed by atoms with Gasteiger partial charge in [0.1, 0.15) is 5.76 Å². The van der Waals surface area contributed by atoms with E-state index >= 15 is 0 Å². The molecule has 7 nitrogen and oxygen atoms in total. The summed E-state index contributed by atoms with van der Waals surface area (Å²) in [5, 5.41) is 0. The SMILES string of the molecule is CCOC1(OCC)OC2=C(OC1(OCC)OCC)C(=O)CC(C)(C)C2. The molecule has 0 radical (unpaired) electrons. The highest BCUT2D eigenvalue weighted by molar-refractivity contribution is 5.95. The summed E-state index contributed by atoms with van der Waals surface area (Å²) in [6.07, 6.45) is 0.893. The van der Waals surface area contributed by atoms with Crippen LogP contribution < -0.4 is 0 Å². The van der Waals surface area contributed by atoms with Crippen molar-refractivity contribution in [2.45, 2.75) is 66.3 Å². The molecule has 0 amide bonds. The Hall–Kier alpha value is -1.15. The van der Waals surface area contributed by atoms with E-state index in [4.69, 9.17) is 28.4 Å². The molecular weight excluding hydrogens is 328 g/mol. The maximum atomic E-state index is 12.6. The first-order chi connectivity index (χ1) is 11.8. The fourth-order valence-electron chi connectivity index (χ4n) is 3.18. The first kappa shape index (κ1) is 20.2. The highest BCUT2D eigenvalue weighted by Gasteiger charge is 2.67. The van der Waals surface area contributed by atoms with Gasteiger partial charge in [0, 0.05) is 12.8 Å². The van der Waals surface area contributed by atoms with Gasteiger partial charge in [-0.25, -0.2) is 0 Å². The highest BCUT2D eigenvalue weighted by atomic mass is 17.0. The van der Waals surface area contributed by atoms with Crippen LogP contribution in [0.1, 0.15) is 54.4 Å². The zero-order valence-corrected chi connectivity index (χ0v) is 16.1. The average molecular weight is 358 g/mol. The second-order valence-corrected chi connectivity index (χ2v) is 6.74. The van der Waals surface area contributed by atoms with Gasteiger partial charge in [-0.05, 0) is 33.1 Å². The Kier molecular flexibility index (Phi) is 6.14. The van der Waals surface area contributed by atoms with Crippen molar-refractivity contribution in [3.05, 3.63) is 11.5 Å². The van der Waals surface area contributed by atoms with Crippen molar-refractivity contribution >= 4 is 5.78 Å². The molecule has 25 heavy (non-hydrogen) atoms. The van der Waals surface area contributed by atoms with Crippen molar-refractivity contribution in [3.63, 3.8) is 0 Å². The number of ketones is 1. The first-order valence-electron chi connectivity index (χ1n) is 8.98. The van der Waals surface area contributed by atoms with Crippen molar-refractivity contribution in [1.29, 1.82) is 0 Å². The van der Waals surface area contributed by atoms with Gasteiger partial charge in [-0.1, -0.05) is 13.8 Å². The van der Waals surface area contributed by atoms with Crippen LogP contribution in [0.15, 0.2) is 11.5 Å². The lowest BCUT2D eigenvalue weighted by Gasteiger charge is -2.50. The molecule has 7 heteroatoms. The van der Waals surface area contributed by atoms with Crippen molar-refractivity contribution in [2.24, 2.45) is 5.41 Å². The third-order valence-corrected chi connectivity index (χ3v) is 3.99. The summed E-state index contributed by atoms with van der Waals surface area (Å²) in [6, 6.07) is 0. The maximum absolute atomic E-state index is 12.6. The van der Waals surface area contributed by atoms with E-state index in [1.54, 1.807) is 13.8 Å². The van der Waals surface area contributed by atoms with Gasteiger partial charge in [0.25, 0.3) is 0 Å². The van der Waals surface area contributed by atoms with Gasteiger partial charge < -0.3 is 28.4 Å². The lowest BCUT2D eigenvalue weighted by molar-refractivity contribution is -0.557. The van der Waals surface area contributed by atoms with E-state index in [2.05, 4.69) is 0 Å². The van der Waals surface area contributed by atoms with Crippen LogP contribution in [0.25, 0.3) is 0 Å². The van der Waals surface area contributed by atoms with Crippen LogP contribution in [-0.2, 0) is 33.2 Å². The van der Waals surface area contributed by atoms with Gasteiger partial charge in [-0.15, -0.1) is 0 Å². The highest BCUT2D eigenvalue weighted by Crippen LogP contribution is 2.49. The van der Waals surface area contributed by atoms with Gasteiger partial charge in [0.05, 0.1) is 26.4 Å². The first-order valence-corrected chi connectivity index (χ1v) is 8.98. The smallest absolute Gasteiger partial charge is 0.428 e. The summed E-state index contributed by atoms with van der Waals surface area (Å²) < 4.78 is 35.3. The summed E-state index contributed by atoms with van der Waals surface area (Å²) in [5.41, 5.74) is -0.235. The number of allylic oxidation sites excluding steroid dienone is 2. The number of Topliss-reactive ketones (excluding diaryl/α,β-unsaturated/α-hetero) is 1.